The Morgan fingerprint density at radius 1 is 1.06 bits per heavy atom. The van der Waals surface area contributed by atoms with Crippen LogP contribution in [0.25, 0.3) is 0 Å². The quantitative estimate of drug-likeness (QED) is 0.431. The third-order valence-electron chi connectivity index (χ3n) is 5.83. The first-order valence-corrected chi connectivity index (χ1v) is 12.4. The molecule has 3 rings (SSSR count). The molecule has 0 aliphatic heterocycles. The topological polar surface area (TPSA) is 58.6 Å². The minimum Gasteiger partial charge on any atom is -0.484 e. The fraction of sp³-hybridized carbons (Fsp3) is 0.440. The summed E-state index contributed by atoms with van der Waals surface area (Å²) >= 11 is 18.3. The number of nitrogens with zero attached hydrogens (tertiary/aromatic N) is 1. The summed E-state index contributed by atoms with van der Waals surface area (Å²) < 4.78 is 5.68. The molecule has 5 nitrogen and oxygen atoms in total. The van der Waals surface area contributed by atoms with Gasteiger partial charge in [-0.3, -0.25) is 9.59 Å². The van der Waals surface area contributed by atoms with Gasteiger partial charge in [0.2, 0.25) is 5.91 Å². The second-order valence-corrected chi connectivity index (χ2v) is 9.53. The molecular weight excluding hydrogens is 483 g/mol. The van der Waals surface area contributed by atoms with Gasteiger partial charge in [-0.25, -0.2) is 0 Å². The van der Waals surface area contributed by atoms with E-state index in [1.165, 1.54) is 6.42 Å². The van der Waals surface area contributed by atoms with Crippen molar-refractivity contribution in [2.24, 2.45) is 0 Å². The van der Waals surface area contributed by atoms with Gasteiger partial charge < -0.3 is 15.0 Å². The van der Waals surface area contributed by atoms with Gasteiger partial charge in [-0.2, -0.15) is 0 Å². The summed E-state index contributed by atoms with van der Waals surface area (Å²) in [6.07, 6.45) is 5.85. The lowest BCUT2D eigenvalue weighted by molar-refractivity contribution is -0.143. The lowest BCUT2D eigenvalue weighted by atomic mass is 9.95. The lowest BCUT2D eigenvalue weighted by Crippen LogP contribution is -2.52. The highest BCUT2D eigenvalue weighted by molar-refractivity contribution is 6.42. The van der Waals surface area contributed by atoms with E-state index in [2.05, 4.69) is 5.32 Å². The van der Waals surface area contributed by atoms with Gasteiger partial charge in [-0.05, 0) is 55.2 Å². The largest absolute Gasteiger partial charge is 0.484 e. The van der Waals surface area contributed by atoms with Crippen LogP contribution in [0.1, 0.15) is 51.0 Å². The average molecular weight is 512 g/mol. The monoisotopic (exact) mass is 510 g/mol. The van der Waals surface area contributed by atoms with E-state index in [0.717, 1.165) is 31.2 Å². The van der Waals surface area contributed by atoms with Crippen molar-refractivity contribution in [3.8, 4) is 5.75 Å². The average Bonchev–Trinajstić information content (AvgIpc) is 2.80. The van der Waals surface area contributed by atoms with Gasteiger partial charge >= 0.3 is 0 Å². The maximum atomic E-state index is 13.3. The van der Waals surface area contributed by atoms with E-state index in [1.807, 2.05) is 6.92 Å². The highest BCUT2D eigenvalue weighted by atomic mass is 35.5. The number of hydrogen-bond acceptors (Lipinski definition) is 3. The Labute approximate surface area is 210 Å². The van der Waals surface area contributed by atoms with Gasteiger partial charge in [-0.1, -0.05) is 73.1 Å². The summed E-state index contributed by atoms with van der Waals surface area (Å²) in [5.41, 5.74) is 0.782. The van der Waals surface area contributed by atoms with Crippen LogP contribution in [0.2, 0.25) is 15.1 Å². The zero-order valence-corrected chi connectivity index (χ0v) is 20.9. The molecule has 0 heterocycles. The van der Waals surface area contributed by atoms with Crippen molar-refractivity contribution in [3.05, 3.63) is 63.1 Å². The van der Waals surface area contributed by atoms with Crippen molar-refractivity contribution in [2.75, 3.05) is 6.61 Å². The molecule has 1 atom stereocenters. The smallest absolute Gasteiger partial charge is 0.261 e. The molecule has 2 amide bonds. The first kappa shape index (κ1) is 25.7. The number of nitrogens with one attached hydrogen (secondary N) is 1. The van der Waals surface area contributed by atoms with E-state index in [4.69, 9.17) is 39.5 Å². The zero-order valence-electron chi connectivity index (χ0n) is 18.7. The number of carbonyl (C=O) groups is 2. The van der Waals surface area contributed by atoms with Crippen LogP contribution < -0.4 is 10.1 Å². The molecule has 33 heavy (non-hydrogen) atoms. The standard InChI is InChI=1S/C25H29Cl3N2O3/c1-2-23(25(32)29-19-8-4-3-5-9-19)30(15-17-11-12-21(27)22(28)13-17)24(31)16-33-20-10-6-7-18(26)14-20/h6-7,10-14,19,23H,2-5,8-9,15-16H2,1H3,(H,29,32). The van der Waals surface area contributed by atoms with Crippen LogP contribution in [-0.2, 0) is 16.1 Å². The van der Waals surface area contributed by atoms with Gasteiger partial charge in [0, 0.05) is 17.6 Å². The van der Waals surface area contributed by atoms with Crippen LogP contribution in [0.4, 0.5) is 0 Å². The third kappa shape index (κ3) is 7.53. The Bertz CT molecular complexity index is 964. The molecule has 0 aromatic heterocycles. The molecule has 8 heteroatoms. The second kappa shape index (κ2) is 12.5. The Balaban J connectivity index is 1.77. The van der Waals surface area contributed by atoms with E-state index >= 15 is 0 Å². The SMILES string of the molecule is CCC(C(=O)NC1CCCCC1)N(Cc1ccc(Cl)c(Cl)c1)C(=O)COc1cccc(Cl)c1. The van der Waals surface area contributed by atoms with Crippen LogP contribution >= 0.6 is 34.8 Å². The number of hydrogen-bond donors (Lipinski definition) is 1. The summed E-state index contributed by atoms with van der Waals surface area (Å²) in [7, 11) is 0. The highest BCUT2D eigenvalue weighted by Crippen LogP contribution is 2.25. The van der Waals surface area contributed by atoms with E-state index in [9.17, 15) is 9.59 Å². The number of carbonyl (C=O) groups excluding carboxylic acids is 2. The van der Waals surface area contributed by atoms with Crippen LogP contribution in [-0.4, -0.2) is 35.4 Å². The Morgan fingerprint density at radius 3 is 2.48 bits per heavy atom. The van der Waals surface area contributed by atoms with E-state index in [1.54, 1.807) is 47.4 Å². The van der Waals surface area contributed by atoms with Crippen molar-refractivity contribution in [3.63, 3.8) is 0 Å². The summed E-state index contributed by atoms with van der Waals surface area (Å²) in [6, 6.07) is 11.6. The van der Waals surface area contributed by atoms with Crippen molar-refractivity contribution in [1.29, 1.82) is 0 Å². The number of rotatable bonds is 9. The fourth-order valence-corrected chi connectivity index (χ4v) is 4.58. The highest BCUT2D eigenvalue weighted by Gasteiger charge is 2.30. The van der Waals surface area contributed by atoms with E-state index < -0.39 is 6.04 Å². The minimum atomic E-state index is -0.628. The van der Waals surface area contributed by atoms with Gasteiger partial charge in [0.25, 0.3) is 5.91 Å². The maximum absolute atomic E-state index is 13.3. The van der Waals surface area contributed by atoms with Gasteiger partial charge in [0.15, 0.2) is 6.61 Å². The van der Waals surface area contributed by atoms with Crippen molar-refractivity contribution >= 4 is 46.6 Å². The van der Waals surface area contributed by atoms with Crippen LogP contribution in [0.5, 0.6) is 5.75 Å². The Hall–Kier alpha value is -1.95. The molecule has 2 aromatic carbocycles. The lowest BCUT2D eigenvalue weighted by Gasteiger charge is -2.32. The molecule has 0 bridgehead atoms. The Kier molecular flexibility index (Phi) is 9.72. The molecule has 1 saturated carbocycles. The second-order valence-electron chi connectivity index (χ2n) is 8.28. The number of benzene rings is 2. The molecule has 1 aliphatic carbocycles. The first-order chi connectivity index (χ1) is 15.9. The maximum Gasteiger partial charge on any atom is 0.261 e. The predicted molar refractivity (Wildman–Crippen MR) is 133 cm³/mol. The number of amides is 2. The summed E-state index contributed by atoms with van der Waals surface area (Å²) in [6.45, 7) is 1.90. The molecule has 0 spiro atoms. The molecule has 1 unspecified atom stereocenters. The summed E-state index contributed by atoms with van der Waals surface area (Å²) in [5, 5.41) is 4.51. The summed E-state index contributed by atoms with van der Waals surface area (Å²) in [4.78, 5) is 28.0. The first-order valence-electron chi connectivity index (χ1n) is 11.3. The molecule has 0 saturated heterocycles. The van der Waals surface area contributed by atoms with Gasteiger partial charge in [0.05, 0.1) is 10.0 Å². The van der Waals surface area contributed by atoms with Crippen molar-refractivity contribution in [1.82, 2.24) is 10.2 Å². The molecule has 1 aliphatic rings. The van der Waals surface area contributed by atoms with Crippen LogP contribution in [0, 0.1) is 0 Å². The zero-order chi connectivity index (χ0) is 23.8. The normalized spacial score (nSPS) is 15.0. The Morgan fingerprint density at radius 2 is 1.82 bits per heavy atom. The van der Waals surface area contributed by atoms with E-state index in [0.29, 0.717) is 27.2 Å². The molecular formula is C25H29Cl3N2O3. The predicted octanol–water partition coefficient (Wildman–Crippen LogP) is 6.28. The van der Waals surface area contributed by atoms with Crippen LogP contribution in [0.3, 0.4) is 0 Å². The van der Waals surface area contributed by atoms with Crippen LogP contribution in [0.15, 0.2) is 42.5 Å². The summed E-state index contributed by atoms with van der Waals surface area (Å²) in [5.74, 6) is 0.0531. The third-order valence-corrected chi connectivity index (χ3v) is 6.81. The molecule has 1 fully saturated rings. The van der Waals surface area contributed by atoms with Crippen molar-refractivity contribution < 1.29 is 14.3 Å². The number of halogens is 3. The molecule has 178 valence electrons. The molecule has 1 N–H and O–H groups in total. The van der Waals surface area contributed by atoms with Crippen molar-refractivity contribution in [2.45, 2.75) is 64.1 Å². The van der Waals surface area contributed by atoms with E-state index in [-0.39, 0.29) is 31.0 Å². The number of ether oxygens (including phenoxy) is 1. The van der Waals surface area contributed by atoms with Gasteiger partial charge in [0.1, 0.15) is 11.8 Å². The molecule has 0 radical (unpaired) electrons. The molecule has 2 aromatic rings. The minimum absolute atomic E-state index is 0.138. The van der Waals surface area contributed by atoms with Gasteiger partial charge in [-0.15, -0.1) is 0 Å². The fourth-order valence-electron chi connectivity index (χ4n) is 4.08.